The van der Waals surface area contributed by atoms with Gasteiger partial charge in [-0.15, -0.1) is 0 Å². The van der Waals surface area contributed by atoms with Crippen LogP contribution in [0.1, 0.15) is 5.56 Å². The third-order valence-corrected chi connectivity index (χ3v) is 3.63. The van der Waals surface area contributed by atoms with Crippen LogP contribution in [0, 0.1) is 6.92 Å². The third kappa shape index (κ3) is 1.79. The number of oxazole rings is 1. The van der Waals surface area contributed by atoms with E-state index in [1.807, 2.05) is 13.0 Å². The lowest BCUT2D eigenvalue weighted by molar-refractivity contribution is 0.555. The van der Waals surface area contributed by atoms with Crippen LogP contribution in [0.25, 0.3) is 11.1 Å². The van der Waals surface area contributed by atoms with Gasteiger partial charge in [0.25, 0.3) is 0 Å². The van der Waals surface area contributed by atoms with Crippen molar-refractivity contribution >= 4 is 28.4 Å². The molecule has 18 heavy (non-hydrogen) atoms. The van der Waals surface area contributed by atoms with Gasteiger partial charge in [0.2, 0.25) is 0 Å². The minimum Gasteiger partial charge on any atom is -0.406 e. The first kappa shape index (κ1) is 11.6. The molecule has 3 rings (SSSR count). The molecule has 1 aromatic heterocycles. The molecule has 1 fully saturated rings. The summed E-state index contributed by atoms with van der Waals surface area (Å²) in [6.45, 7) is 5.75. The lowest BCUT2D eigenvalue weighted by Gasteiger charge is -2.30. The first-order chi connectivity index (χ1) is 8.66. The van der Waals surface area contributed by atoms with Crippen molar-refractivity contribution in [2.24, 2.45) is 0 Å². The molecule has 0 aliphatic carbocycles. The van der Waals surface area contributed by atoms with Gasteiger partial charge in [-0.3, -0.25) is 4.98 Å². The summed E-state index contributed by atoms with van der Waals surface area (Å²) < 4.78 is 5.05. The molecule has 6 heteroatoms. The van der Waals surface area contributed by atoms with E-state index in [0.717, 1.165) is 37.4 Å². The highest BCUT2D eigenvalue weighted by atomic mass is 35.5. The van der Waals surface area contributed by atoms with E-state index in [-0.39, 0.29) is 0 Å². The number of piperazine rings is 1. The highest BCUT2D eigenvalue weighted by Crippen LogP contribution is 2.32. The molecule has 5 nitrogen and oxygen atoms in total. The van der Waals surface area contributed by atoms with Crippen molar-refractivity contribution in [2.75, 3.05) is 31.1 Å². The fraction of sp³-hybridized carbons (Fsp3) is 0.417. The first-order valence-electron chi connectivity index (χ1n) is 5.94. The number of aromatic nitrogens is 1. The maximum Gasteiger partial charge on any atom is 0.417 e. The molecule has 0 saturated carbocycles. The number of anilines is 1. The Morgan fingerprint density at radius 3 is 2.83 bits per heavy atom. The molecule has 1 aromatic carbocycles. The van der Waals surface area contributed by atoms with Crippen LogP contribution in [0.5, 0.6) is 0 Å². The van der Waals surface area contributed by atoms with E-state index in [4.69, 9.17) is 16.0 Å². The highest BCUT2D eigenvalue weighted by molar-refractivity contribution is 6.35. The number of aryl methyl sites for hydroxylation is 1. The number of nitrogens with zero attached hydrogens (tertiary/aromatic N) is 1. The monoisotopic (exact) mass is 267 g/mol. The van der Waals surface area contributed by atoms with Gasteiger partial charge in [-0.25, -0.2) is 4.79 Å². The normalized spacial score (nSPS) is 16.4. The minimum atomic E-state index is -0.465. The van der Waals surface area contributed by atoms with Crippen molar-refractivity contribution in [3.05, 3.63) is 27.2 Å². The average Bonchev–Trinajstić information content (AvgIpc) is 2.78. The lowest BCUT2D eigenvalue weighted by Crippen LogP contribution is -2.43. The van der Waals surface area contributed by atoms with Gasteiger partial charge in [0, 0.05) is 31.9 Å². The van der Waals surface area contributed by atoms with E-state index in [9.17, 15) is 4.79 Å². The summed E-state index contributed by atoms with van der Waals surface area (Å²) >= 11 is 6.17. The first-order valence-corrected chi connectivity index (χ1v) is 6.32. The zero-order valence-electron chi connectivity index (χ0n) is 10.0. The summed E-state index contributed by atoms with van der Waals surface area (Å²) in [7, 11) is 0. The van der Waals surface area contributed by atoms with Gasteiger partial charge in [0.05, 0.1) is 10.5 Å². The van der Waals surface area contributed by atoms with Crippen molar-refractivity contribution in [3.63, 3.8) is 0 Å². The number of H-pyrrole nitrogens is 1. The zero-order valence-corrected chi connectivity index (χ0v) is 10.8. The molecule has 2 heterocycles. The number of hydrogen-bond donors (Lipinski definition) is 2. The zero-order chi connectivity index (χ0) is 12.7. The topological polar surface area (TPSA) is 61.3 Å². The van der Waals surface area contributed by atoms with Crippen LogP contribution >= 0.6 is 11.6 Å². The van der Waals surface area contributed by atoms with Crippen LogP contribution in [-0.2, 0) is 0 Å². The maximum absolute atomic E-state index is 11.3. The molecule has 1 saturated heterocycles. The Morgan fingerprint density at radius 1 is 1.39 bits per heavy atom. The summed E-state index contributed by atoms with van der Waals surface area (Å²) in [6.07, 6.45) is 0. The van der Waals surface area contributed by atoms with Crippen molar-refractivity contribution < 1.29 is 4.42 Å². The van der Waals surface area contributed by atoms with Gasteiger partial charge in [-0.05, 0) is 18.6 Å². The van der Waals surface area contributed by atoms with E-state index in [1.54, 1.807) is 0 Å². The molecular formula is C12H14ClN3O2. The van der Waals surface area contributed by atoms with Gasteiger partial charge in [0.15, 0.2) is 5.58 Å². The van der Waals surface area contributed by atoms with Gasteiger partial charge in [-0.2, -0.15) is 0 Å². The largest absolute Gasteiger partial charge is 0.417 e. The number of hydrogen-bond acceptors (Lipinski definition) is 4. The Kier molecular flexibility index (Phi) is 2.80. The molecule has 1 aliphatic heterocycles. The van der Waals surface area contributed by atoms with Gasteiger partial charge in [-0.1, -0.05) is 11.6 Å². The minimum absolute atomic E-state index is 0.443. The molecule has 96 valence electrons. The summed E-state index contributed by atoms with van der Waals surface area (Å²) in [5, 5.41) is 3.78. The van der Waals surface area contributed by atoms with Crippen molar-refractivity contribution in [1.82, 2.24) is 10.3 Å². The van der Waals surface area contributed by atoms with Crippen molar-refractivity contribution in [3.8, 4) is 0 Å². The van der Waals surface area contributed by atoms with E-state index >= 15 is 0 Å². The molecule has 0 atom stereocenters. The number of rotatable bonds is 1. The summed E-state index contributed by atoms with van der Waals surface area (Å²) in [5.41, 5.74) is 3.20. The SMILES string of the molecule is Cc1c(N2CCNCC2)cc(Cl)c2oc(=O)[nH]c12. The smallest absolute Gasteiger partial charge is 0.406 e. The fourth-order valence-corrected chi connectivity index (χ4v) is 2.65. The van der Waals surface area contributed by atoms with Crippen LogP contribution in [0.3, 0.4) is 0 Å². The highest BCUT2D eigenvalue weighted by Gasteiger charge is 2.18. The average molecular weight is 268 g/mol. The summed E-state index contributed by atoms with van der Waals surface area (Å²) in [6, 6.07) is 1.88. The molecule has 0 unspecified atom stereocenters. The van der Waals surface area contributed by atoms with Crippen LogP contribution in [0.2, 0.25) is 5.02 Å². The second-order valence-corrected chi connectivity index (χ2v) is 4.87. The molecule has 2 aromatic rings. The standard InChI is InChI=1S/C12H14ClN3O2/c1-7-9(16-4-2-14-3-5-16)6-8(13)11-10(7)15-12(17)18-11/h6,14H,2-5H2,1H3,(H,15,17). The van der Waals surface area contributed by atoms with E-state index in [2.05, 4.69) is 15.2 Å². The number of benzene rings is 1. The van der Waals surface area contributed by atoms with E-state index < -0.39 is 5.76 Å². The second-order valence-electron chi connectivity index (χ2n) is 4.46. The second kappa shape index (κ2) is 4.33. The number of aromatic amines is 1. The van der Waals surface area contributed by atoms with Crippen LogP contribution < -0.4 is 16.0 Å². The van der Waals surface area contributed by atoms with Crippen molar-refractivity contribution in [1.29, 1.82) is 0 Å². The molecule has 2 N–H and O–H groups in total. The van der Waals surface area contributed by atoms with Gasteiger partial charge in [0.1, 0.15) is 0 Å². The van der Waals surface area contributed by atoms with Crippen LogP contribution in [0.4, 0.5) is 5.69 Å². The van der Waals surface area contributed by atoms with Crippen molar-refractivity contribution in [2.45, 2.75) is 6.92 Å². The van der Waals surface area contributed by atoms with E-state index in [0.29, 0.717) is 16.1 Å². The van der Waals surface area contributed by atoms with Gasteiger partial charge < -0.3 is 14.6 Å². The maximum atomic E-state index is 11.3. The fourth-order valence-electron chi connectivity index (χ4n) is 2.42. The molecule has 1 aliphatic rings. The molecular weight excluding hydrogens is 254 g/mol. The number of nitrogens with one attached hydrogen (secondary N) is 2. The summed E-state index contributed by atoms with van der Waals surface area (Å²) in [5.74, 6) is -0.465. The number of fused-ring (bicyclic) bond motifs is 1. The summed E-state index contributed by atoms with van der Waals surface area (Å²) in [4.78, 5) is 16.2. The molecule has 0 spiro atoms. The Balaban J connectivity index is 2.17. The molecule has 0 radical (unpaired) electrons. The molecule has 0 amide bonds. The molecule has 0 bridgehead atoms. The van der Waals surface area contributed by atoms with Gasteiger partial charge >= 0.3 is 5.76 Å². The van der Waals surface area contributed by atoms with E-state index in [1.165, 1.54) is 0 Å². The lowest BCUT2D eigenvalue weighted by atomic mass is 10.1. The predicted molar refractivity (Wildman–Crippen MR) is 71.7 cm³/mol. The van der Waals surface area contributed by atoms with Crippen LogP contribution in [0.15, 0.2) is 15.3 Å². The van der Waals surface area contributed by atoms with Crippen LogP contribution in [-0.4, -0.2) is 31.2 Å². The predicted octanol–water partition coefficient (Wildman–Crippen LogP) is 1.49. The Labute approximate surface area is 109 Å². The Bertz CT molecular complexity index is 641. The number of halogens is 1. The quantitative estimate of drug-likeness (QED) is 0.822. The Morgan fingerprint density at radius 2 is 2.11 bits per heavy atom. The third-order valence-electron chi connectivity index (χ3n) is 3.35. The Hall–Kier alpha value is -1.46.